The van der Waals surface area contributed by atoms with Crippen molar-refractivity contribution in [3.63, 3.8) is 0 Å². The Hall–Kier alpha value is -2.77. The van der Waals surface area contributed by atoms with Gasteiger partial charge in [0, 0.05) is 28.5 Å². The molecule has 1 atom stereocenters. The first-order valence-corrected chi connectivity index (χ1v) is 13.8. The molecule has 0 radical (unpaired) electrons. The molecule has 8 heteroatoms. The van der Waals surface area contributed by atoms with E-state index in [1.54, 1.807) is 6.08 Å². The van der Waals surface area contributed by atoms with Gasteiger partial charge in [0.1, 0.15) is 6.54 Å². The molecule has 6 nitrogen and oxygen atoms in total. The van der Waals surface area contributed by atoms with E-state index in [1.165, 1.54) is 5.56 Å². The van der Waals surface area contributed by atoms with E-state index in [9.17, 15) is 14.4 Å². The number of aryl methyl sites for hydroxylation is 2. The molecule has 0 spiro atoms. The van der Waals surface area contributed by atoms with Crippen LogP contribution >= 0.6 is 23.4 Å². The Morgan fingerprint density at radius 2 is 1.95 bits per heavy atom. The van der Waals surface area contributed by atoms with Crippen LogP contribution in [0.4, 0.5) is 16.2 Å². The molecule has 3 amide bonds. The summed E-state index contributed by atoms with van der Waals surface area (Å²) in [5.41, 5.74) is 5.71. The molecule has 2 aromatic rings. The van der Waals surface area contributed by atoms with Crippen molar-refractivity contribution in [2.75, 3.05) is 23.3 Å². The highest BCUT2D eigenvalue weighted by molar-refractivity contribution is 8.18. The number of imide groups is 1. The highest BCUT2D eigenvalue weighted by atomic mass is 35.5. The maximum atomic E-state index is 13.1. The Bertz CT molecular complexity index is 1300. The summed E-state index contributed by atoms with van der Waals surface area (Å²) in [6.07, 6.45) is 3.71. The average molecular weight is 540 g/mol. The van der Waals surface area contributed by atoms with E-state index in [0.717, 1.165) is 52.9 Å². The number of fused-ring (bicyclic) bond motifs is 1. The molecule has 1 N–H and O–H groups in total. The van der Waals surface area contributed by atoms with Crippen molar-refractivity contribution < 1.29 is 14.4 Å². The third-order valence-electron chi connectivity index (χ3n) is 7.07. The lowest BCUT2D eigenvalue weighted by molar-refractivity contribution is -0.127. The number of amides is 3. The van der Waals surface area contributed by atoms with E-state index in [1.807, 2.05) is 44.2 Å². The number of thioether (sulfide) groups is 1. The average Bonchev–Trinajstić information content (AvgIpc) is 3.06. The van der Waals surface area contributed by atoms with Gasteiger partial charge in [0.05, 0.1) is 4.91 Å². The van der Waals surface area contributed by atoms with Crippen molar-refractivity contribution in [1.82, 2.24) is 4.90 Å². The summed E-state index contributed by atoms with van der Waals surface area (Å²) >= 11 is 7.55. The van der Waals surface area contributed by atoms with Gasteiger partial charge in [-0.1, -0.05) is 43.1 Å². The fourth-order valence-electron chi connectivity index (χ4n) is 5.34. The molecule has 1 saturated heterocycles. The summed E-state index contributed by atoms with van der Waals surface area (Å²) in [6, 6.07) is 9.71. The van der Waals surface area contributed by atoms with Crippen LogP contribution in [0, 0.1) is 13.8 Å². The van der Waals surface area contributed by atoms with Gasteiger partial charge in [0.25, 0.3) is 11.1 Å². The van der Waals surface area contributed by atoms with Crippen molar-refractivity contribution in [3.8, 4) is 0 Å². The number of nitrogens with one attached hydrogen (secondary N) is 1. The van der Waals surface area contributed by atoms with Gasteiger partial charge >= 0.3 is 0 Å². The molecule has 37 heavy (non-hydrogen) atoms. The predicted molar refractivity (Wildman–Crippen MR) is 153 cm³/mol. The van der Waals surface area contributed by atoms with Gasteiger partial charge in [-0.15, -0.1) is 0 Å². The highest BCUT2D eigenvalue weighted by Crippen LogP contribution is 2.46. The van der Waals surface area contributed by atoms with Gasteiger partial charge in [0.15, 0.2) is 0 Å². The molecule has 0 aliphatic carbocycles. The molecule has 4 rings (SSSR count). The first-order valence-electron chi connectivity index (χ1n) is 12.6. The van der Waals surface area contributed by atoms with Gasteiger partial charge < -0.3 is 10.2 Å². The van der Waals surface area contributed by atoms with E-state index in [0.29, 0.717) is 22.2 Å². The minimum Gasteiger partial charge on any atom is -0.366 e. The van der Waals surface area contributed by atoms with Gasteiger partial charge in [0.2, 0.25) is 5.91 Å². The third kappa shape index (κ3) is 5.58. The standard InChI is InChI=1S/C29H34ClN3O3S/c1-7-10-33-24-14-22(30)20(12-21(24)19(4)15-29(33,5)6)13-25-27(35)32(28(36)37-25)16-26(34)31-23-9-8-17(2)11-18(23)3/h8-9,11-14,19H,7,10,15-16H2,1-6H3,(H,31,34)/b25-13+. The number of hydrogen-bond acceptors (Lipinski definition) is 5. The molecule has 1 unspecified atom stereocenters. The number of rotatable bonds is 6. The quantitative estimate of drug-likeness (QED) is 0.395. The molecule has 0 saturated carbocycles. The molecule has 0 aromatic heterocycles. The van der Waals surface area contributed by atoms with Gasteiger partial charge in [-0.3, -0.25) is 19.3 Å². The van der Waals surface area contributed by atoms with E-state index < -0.39 is 17.1 Å². The van der Waals surface area contributed by atoms with Gasteiger partial charge in [-0.25, -0.2) is 0 Å². The zero-order valence-corrected chi connectivity index (χ0v) is 23.8. The molecule has 2 aliphatic heterocycles. The van der Waals surface area contributed by atoms with E-state index >= 15 is 0 Å². The van der Waals surface area contributed by atoms with Crippen molar-refractivity contribution >= 4 is 57.9 Å². The second-order valence-electron chi connectivity index (χ2n) is 10.6. The number of carbonyl (C=O) groups is 3. The zero-order chi connectivity index (χ0) is 27.1. The van der Waals surface area contributed by atoms with Crippen LogP contribution in [-0.2, 0) is 9.59 Å². The molecule has 1 fully saturated rings. The van der Waals surface area contributed by atoms with Gasteiger partial charge in [-0.2, -0.15) is 0 Å². The lowest BCUT2D eigenvalue weighted by Gasteiger charge is -2.47. The van der Waals surface area contributed by atoms with E-state index in [2.05, 4.69) is 37.9 Å². The Labute approximate surface area is 228 Å². The van der Waals surface area contributed by atoms with Crippen LogP contribution in [0.1, 0.15) is 68.7 Å². The number of halogens is 1. The Kier molecular flexibility index (Phi) is 7.77. The second-order valence-corrected chi connectivity index (χ2v) is 12.0. The lowest BCUT2D eigenvalue weighted by Crippen LogP contribution is -2.48. The minimum atomic E-state index is -0.485. The summed E-state index contributed by atoms with van der Waals surface area (Å²) in [5.74, 6) is -0.581. The fourth-order valence-corrected chi connectivity index (χ4v) is 6.38. The van der Waals surface area contributed by atoms with Crippen LogP contribution in [0.15, 0.2) is 35.2 Å². The van der Waals surface area contributed by atoms with Crippen LogP contribution in [0.2, 0.25) is 5.02 Å². The molecule has 2 aliphatic rings. The number of anilines is 2. The van der Waals surface area contributed by atoms with Crippen molar-refractivity contribution in [2.24, 2.45) is 0 Å². The number of nitrogens with zero attached hydrogens (tertiary/aromatic N) is 2. The van der Waals surface area contributed by atoms with Gasteiger partial charge in [-0.05, 0) is 99.2 Å². The minimum absolute atomic E-state index is 0.0214. The second kappa shape index (κ2) is 10.5. The van der Waals surface area contributed by atoms with Crippen molar-refractivity contribution in [2.45, 2.75) is 65.8 Å². The van der Waals surface area contributed by atoms with Crippen LogP contribution in [0.3, 0.4) is 0 Å². The van der Waals surface area contributed by atoms with Crippen LogP contribution in [0.5, 0.6) is 0 Å². The monoisotopic (exact) mass is 539 g/mol. The van der Waals surface area contributed by atoms with Crippen molar-refractivity contribution in [3.05, 3.63) is 62.5 Å². The first-order chi connectivity index (χ1) is 17.4. The largest absolute Gasteiger partial charge is 0.366 e. The smallest absolute Gasteiger partial charge is 0.294 e. The van der Waals surface area contributed by atoms with Crippen molar-refractivity contribution in [1.29, 1.82) is 0 Å². The molecule has 2 heterocycles. The number of benzene rings is 2. The Balaban J connectivity index is 1.56. The number of carbonyl (C=O) groups excluding carboxylic acids is 3. The summed E-state index contributed by atoms with van der Waals surface area (Å²) < 4.78 is 0. The molecule has 2 aromatic carbocycles. The summed E-state index contributed by atoms with van der Waals surface area (Å²) in [5, 5.41) is 2.86. The van der Waals surface area contributed by atoms with Crippen LogP contribution < -0.4 is 10.2 Å². The third-order valence-corrected chi connectivity index (χ3v) is 8.30. The molecular formula is C29H34ClN3O3S. The fraction of sp³-hybridized carbons (Fsp3) is 0.414. The predicted octanol–water partition coefficient (Wildman–Crippen LogP) is 7.13. The Morgan fingerprint density at radius 1 is 1.22 bits per heavy atom. The first kappa shape index (κ1) is 27.3. The number of hydrogen-bond donors (Lipinski definition) is 1. The SMILES string of the molecule is CCCN1c2cc(Cl)c(/C=C3/SC(=O)N(CC(=O)Nc4ccc(C)cc4C)C3=O)cc2C(C)CC1(C)C. The topological polar surface area (TPSA) is 69.7 Å². The van der Waals surface area contributed by atoms with E-state index in [-0.39, 0.29) is 17.0 Å². The maximum absolute atomic E-state index is 13.1. The highest BCUT2D eigenvalue weighted by Gasteiger charge is 2.38. The van der Waals surface area contributed by atoms with E-state index in [4.69, 9.17) is 11.6 Å². The molecule has 196 valence electrons. The maximum Gasteiger partial charge on any atom is 0.294 e. The summed E-state index contributed by atoms with van der Waals surface area (Å²) in [7, 11) is 0. The molecular weight excluding hydrogens is 506 g/mol. The lowest BCUT2D eigenvalue weighted by atomic mass is 9.79. The van der Waals surface area contributed by atoms with Crippen LogP contribution in [-0.4, -0.2) is 40.6 Å². The Morgan fingerprint density at radius 3 is 2.62 bits per heavy atom. The van der Waals surface area contributed by atoms with Crippen LogP contribution in [0.25, 0.3) is 6.08 Å². The molecule has 0 bridgehead atoms. The summed E-state index contributed by atoms with van der Waals surface area (Å²) in [4.78, 5) is 42.0. The zero-order valence-electron chi connectivity index (χ0n) is 22.3. The normalized spacial score (nSPS) is 20.0. The summed E-state index contributed by atoms with van der Waals surface area (Å²) in [6.45, 7) is 13.4.